The molecular formula is C22H17Cl2NO2. The number of carbonyl (C=O) groups excluding carboxylic acids is 1. The van der Waals surface area contributed by atoms with Gasteiger partial charge in [-0.1, -0.05) is 59.6 Å². The number of benzene rings is 3. The Morgan fingerprint density at radius 1 is 0.926 bits per heavy atom. The number of ether oxygens (including phenoxy) is 1. The normalized spacial score (nSPS) is 13.4. The van der Waals surface area contributed by atoms with Crippen LogP contribution in [0.1, 0.15) is 21.5 Å². The largest absolute Gasteiger partial charge is 0.454 e. The molecule has 136 valence electrons. The van der Waals surface area contributed by atoms with Crippen molar-refractivity contribution in [2.24, 2.45) is 0 Å². The van der Waals surface area contributed by atoms with E-state index in [0.717, 1.165) is 23.1 Å². The molecule has 3 aromatic rings. The highest BCUT2D eigenvalue weighted by atomic mass is 35.5. The van der Waals surface area contributed by atoms with Crippen LogP contribution < -0.4 is 4.74 Å². The summed E-state index contributed by atoms with van der Waals surface area (Å²) in [5, 5.41) is 0.899. The number of halogens is 2. The maximum atomic E-state index is 12.8. The van der Waals surface area contributed by atoms with Crippen LogP contribution >= 0.6 is 23.2 Å². The summed E-state index contributed by atoms with van der Waals surface area (Å²) < 4.78 is 5.87. The maximum absolute atomic E-state index is 12.8. The number of amides is 1. The number of para-hydroxylation sites is 1. The number of carbonyl (C=O) groups is 1. The zero-order valence-corrected chi connectivity index (χ0v) is 16.0. The minimum atomic E-state index is 0.0439. The second kappa shape index (κ2) is 7.63. The summed E-state index contributed by atoms with van der Waals surface area (Å²) >= 11 is 12.3. The van der Waals surface area contributed by atoms with Gasteiger partial charge in [-0.25, -0.2) is 0 Å². The average molecular weight is 398 g/mol. The number of fused-ring (bicyclic) bond motifs is 1. The molecule has 0 fully saturated rings. The summed E-state index contributed by atoms with van der Waals surface area (Å²) in [4.78, 5) is 14.7. The van der Waals surface area contributed by atoms with Gasteiger partial charge in [-0.05, 0) is 47.9 Å². The summed E-state index contributed by atoms with van der Waals surface area (Å²) in [7, 11) is 0. The fraction of sp³-hybridized carbons (Fsp3) is 0.136. The fourth-order valence-electron chi connectivity index (χ4n) is 3.23. The predicted octanol–water partition coefficient (Wildman–Crippen LogP) is 5.98. The third-order valence-electron chi connectivity index (χ3n) is 4.60. The number of nitrogens with zero attached hydrogens (tertiary/aromatic N) is 1. The molecule has 0 bridgehead atoms. The van der Waals surface area contributed by atoms with Crippen LogP contribution in [0.3, 0.4) is 0 Å². The van der Waals surface area contributed by atoms with Crippen molar-refractivity contribution in [2.45, 2.75) is 13.0 Å². The lowest BCUT2D eigenvalue weighted by molar-refractivity contribution is 0.0727. The lowest BCUT2D eigenvalue weighted by Gasteiger charge is -2.29. The molecule has 3 aromatic carbocycles. The molecule has 27 heavy (non-hydrogen) atoms. The Morgan fingerprint density at radius 3 is 2.41 bits per heavy atom. The average Bonchev–Trinajstić information content (AvgIpc) is 2.68. The molecule has 0 atom stereocenters. The first-order valence-electron chi connectivity index (χ1n) is 8.70. The van der Waals surface area contributed by atoms with Gasteiger partial charge in [0.15, 0.2) is 5.75 Å². The van der Waals surface area contributed by atoms with Crippen LogP contribution in [0.2, 0.25) is 10.0 Å². The molecular weight excluding hydrogens is 381 g/mol. The highest BCUT2D eigenvalue weighted by Gasteiger charge is 2.25. The number of hydrogen-bond acceptors (Lipinski definition) is 2. The van der Waals surface area contributed by atoms with Crippen LogP contribution in [0.5, 0.6) is 11.5 Å². The molecule has 0 saturated heterocycles. The van der Waals surface area contributed by atoms with Crippen LogP contribution in [0, 0.1) is 0 Å². The minimum Gasteiger partial charge on any atom is -0.454 e. The van der Waals surface area contributed by atoms with Crippen molar-refractivity contribution in [3.63, 3.8) is 0 Å². The van der Waals surface area contributed by atoms with Crippen LogP contribution in [0.15, 0.2) is 66.7 Å². The van der Waals surface area contributed by atoms with Gasteiger partial charge >= 0.3 is 0 Å². The molecule has 4 rings (SSSR count). The summed E-state index contributed by atoms with van der Waals surface area (Å²) in [6.07, 6.45) is 0.779. The smallest absolute Gasteiger partial charge is 0.254 e. The topological polar surface area (TPSA) is 29.5 Å². The van der Waals surface area contributed by atoms with Gasteiger partial charge in [0.1, 0.15) is 5.75 Å². The Labute approximate surface area is 168 Å². The molecule has 3 nitrogen and oxygen atoms in total. The zero-order chi connectivity index (χ0) is 18.8. The van der Waals surface area contributed by atoms with Crippen LogP contribution in [-0.2, 0) is 13.0 Å². The van der Waals surface area contributed by atoms with Gasteiger partial charge in [-0.2, -0.15) is 0 Å². The molecule has 1 aliphatic heterocycles. The van der Waals surface area contributed by atoms with E-state index in [0.29, 0.717) is 34.6 Å². The molecule has 0 radical (unpaired) electrons. The van der Waals surface area contributed by atoms with Crippen LogP contribution in [0.25, 0.3) is 0 Å². The monoisotopic (exact) mass is 397 g/mol. The van der Waals surface area contributed by atoms with Gasteiger partial charge in [0.25, 0.3) is 5.91 Å². The van der Waals surface area contributed by atoms with E-state index in [1.54, 1.807) is 24.3 Å². The minimum absolute atomic E-state index is 0.0439. The van der Waals surface area contributed by atoms with Gasteiger partial charge in [0, 0.05) is 18.7 Å². The van der Waals surface area contributed by atoms with E-state index in [9.17, 15) is 4.79 Å². The summed E-state index contributed by atoms with van der Waals surface area (Å²) in [5.74, 6) is 1.09. The Morgan fingerprint density at radius 2 is 1.67 bits per heavy atom. The first kappa shape index (κ1) is 17.9. The molecule has 1 heterocycles. The highest BCUT2D eigenvalue weighted by molar-refractivity contribution is 6.37. The van der Waals surface area contributed by atoms with Gasteiger partial charge in [0.05, 0.1) is 10.0 Å². The van der Waals surface area contributed by atoms with Crippen molar-refractivity contribution in [2.75, 3.05) is 6.54 Å². The summed E-state index contributed by atoms with van der Waals surface area (Å²) in [6, 6.07) is 20.7. The Bertz CT molecular complexity index is 969. The van der Waals surface area contributed by atoms with Crippen molar-refractivity contribution < 1.29 is 9.53 Å². The van der Waals surface area contributed by atoms with Crippen LogP contribution in [0.4, 0.5) is 0 Å². The second-order valence-electron chi connectivity index (χ2n) is 6.43. The van der Waals surface area contributed by atoms with Crippen molar-refractivity contribution in [3.05, 3.63) is 93.5 Å². The quantitative estimate of drug-likeness (QED) is 0.541. The molecule has 0 aromatic heterocycles. The zero-order valence-electron chi connectivity index (χ0n) is 14.5. The van der Waals surface area contributed by atoms with E-state index >= 15 is 0 Å². The Kier molecular flexibility index (Phi) is 5.06. The SMILES string of the molecule is O=C1c2ccc(Oc3c(Cl)cccc3Cl)cc2CCN1Cc1ccccc1. The van der Waals surface area contributed by atoms with Crippen molar-refractivity contribution >= 4 is 29.1 Å². The van der Waals surface area contributed by atoms with Crippen molar-refractivity contribution in [3.8, 4) is 11.5 Å². The van der Waals surface area contributed by atoms with E-state index in [-0.39, 0.29) is 5.91 Å². The van der Waals surface area contributed by atoms with E-state index in [1.165, 1.54) is 0 Å². The number of hydrogen-bond donors (Lipinski definition) is 0. The second-order valence-corrected chi connectivity index (χ2v) is 7.25. The Balaban J connectivity index is 1.55. The molecule has 0 unspecified atom stereocenters. The standard InChI is InChI=1S/C22H17Cl2NO2/c23-19-7-4-8-20(24)21(19)27-17-9-10-18-16(13-17)11-12-25(22(18)26)14-15-5-2-1-3-6-15/h1-10,13H,11-12,14H2. The molecule has 1 amide bonds. The molecule has 1 aliphatic rings. The molecule has 5 heteroatoms. The van der Waals surface area contributed by atoms with Gasteiger partial charge in [-0.3, -0.25) is 4.79 Å². The van der Waals surface area contributed by atoms with E-state index in [4.69, 9.17) is 27.9 Å². The van der Waals surface area contributed by atoms with Gasteiger partial charge in [-0.15, -0.1) is 0 Å². The fourth-order valence-corrected chi connectivity index (χ4v) is 3.70. The molecule has 0 N–H and O–H groups in total. The molecule has 0 spiro atoms. The molecule has 0 saturated carbocycles. The van der Waals surface area contributed by atoms with E-state index in [1.807, 2.05) is 47.4 Å². The van der Waals surface area contributed by atoms with Crippen molar-refractivity contribution in [1.82, 2.24) is 4.90 Å². The summed E-state index contributed by atoms with van der Waals surface area (Å²) in [6.45, 7) is 1.30. The third-order valence-corrected chi connectivity index (χ3v) is 5.20. The van der Waals surface area contributed by atoms with Crippen molar-refractivity contribution in [1.29, 1.82) is 0 Å². The van der Waals surface area contributed by atoms with Gasteiger partial charge < -0.3 is 9.64 Å². The van der Waals surface area contributed by atoms with Crippen LogP contribution in [-0.4, -0.2) is 17.4 Å². The van der Waals surface area contributed by atoms with E-state index < -0.39 is 0 Å². The van der Waals surface area contributed by atoms with Gasteiger partial charge in [0.2, 0.25) is 0 Å². The lowest BCUT2D eigenvalue weighted by Crippen LogP contribution is -2.37. The Hall–Kier alpha value is -2.49. The maximum Gasteiger partial charge on any atom is 0.254 e. The lowest BCUT2D eigenvalue weighted by atomic mass is 9.98. The first-order chi connectivity index (χ1) is 13.1. The third kappa shape index (κ3) is 3.80. The number of rotatable bonds is 4. The predicted molar refractivity (Wildman–Crippen MR) is 108 cm³/mol. The first-order valence-corrected chi connectivity index (χ1v) is 9.45. The molecule has 0 aliphatic carbocycles. The van der Waals surface area contributed by atoms with E-state index in [2.05, 4.69) is 0 Å². The summed E-state index contributed by atoms with van der Waals surface area (Å²) in [5.41, 5.74) is 2.82. The highest BCUT2D eigenvalue weighted by Crippen LogP contribution is 2.37.